The number of rotatable bonds is 2. The van der Waals surface area contributed by atoms with Crippen LogP contribution < -0.4 is 0 Å². The van der Waals surface area contributed by atoms with Crippen molar-refractivity contribution in [3.05, 3.63) is 33.8 Å². The van der Waals surface area contributed by atoms with Gasteiger partial charge in [0, 0.05) is 31.0 Å². The first kappa shape index (κ1) is 12.5. The molecule has 0 amide bonds. The highest BCUT2D eigenvalue weighted by atomic mass is 35.5. The molecule has 3 fully saturated rings. The van der Waals surface area contributed by atoms with E-state index in [0.29, 0.717) is 21.6 Å². The molecule has 4 atom stereocenters. The van der Waals surface area contributed by atoms with Crippen LogP contribution in [0, 0.1) is 5.41 Å². The molecule has 3 aliphatic rings. The molecule has 1 aliphatic carbocycles. The van der Waals surface area contributed by atoms with E-state index in [9.17, 15) is 0 Å². The van der Waals surface area contributed by atoms with E-state index in [0.717, 1.165) is 6.54 Å². The fourth-order valence-corrected chi connectivity index (χ4v) is 4.88. The van der Waals surface area contributed by atoms with Crippen LogP contribution in [0.4, 0.5) is 0 Å². The lowest BCUT2D eigenvalue weighted by Crippen LogP contribution is -2.35. The number of methoxy groups -OCH3 is 1. The van der Waals surface area contributed by atoms with Crippen molar-refractivity contribution in [2.45, 2.75) is 24.4 Å². The summed E-state index contributed by atoms with van der Waals surface area (Å²) in [4.78, 5) is 2.54. The van der Waals surface area contributed by atoms with Gasteiger partial charge in [-0.3, -0.25) is 0 Å². The van der Waals surface area contributed by atoms with Crippen molar-refractivity contribution in [2.24, 2.45) is 5.41 Å². The van der Waals surface area contributed by atoms with Crippen molar-refractivity contribution in [3.63, 3.8) is 0 Å². The minimum Gasteiger partial charge on any atom is -0.379 e. The monoisotopic (exact) mass is 297 g/mol. The number of ether oxygens (including phenoxy) is 1. The molecule has 1 aromatic carbocycles. The van der Waals surface area contributed by atoms with Gasteiger partial charge in [-0.05, 0) is 37.1 Å². The van der Waals surface area contributed by atoms with Gasteiger partial charge < -0.3 is 9.64 Å². The molecule has 0 aromatic heterocycles. The van der Waals surface area contributed by atoms with Crippen LogP contribution >= 0.6 is 23.2 Å². The van der Waals surface area contributed by atoms with Gasteiger partial charge in [-0.25, -0.2) is 0 Å². The van der Waals surface area contributed by atoms with Crippen LogP contribution in [0.15, 0.2) is 18.2 Å². The molecule has 19 heavy (non-hydrogen) atoms. The van der Waals surface area contributed by atoms with E-state index in [1.165, 1.54) is 31.5 Å². The van der Waals surface area contributed by atoms with Crippen molar-refractivity contribution in [3.8, 4) is 0 Å². The first-order valence-corrected chi connectivity index (χ1v) is 7.58. The molecule has 1 saturated carbocycles. The molecule has 2 bridgehead atoms. The van der Waals surface area contributed by atoms with Crippen LogP contribution in [0.25, 0.3) is 0 Å². The second kappa shape index (κ2) is 3.88. The van der Waals surface area contributed by atoms with Crippen LogP contribution in [-0.4, -0.2) is 37.7 Å². The third-order valence-corrected chi connectivity index (χ3v) is 6.34. The SMILES string of the molecule is COC1CN2CCC3(c4ccc(Cl)c(Cl)c4)CC13C2. The summed E-state index contributed by atoms with van der Waals surface area (Å²) in [5.74, 6) is 0. The summed E-state index contributed by atoms with van der Waals surface area (Å²) in [6, 6.07) is 6.16. The van der Waals surface area contributed by atoms with Crippen molar-refractivity contribution >= 4 is 23.2 Å². The third kappa shape index (κ3) is 1.46. The molecule has 0 N–H and O–H groups in total. The van der Waals surface area contributed by atoms with Gasteiger partial charge in [0.15, 0.2) is 0 Å². The summed E-state index contributed by atoms with van der Waals surface area (Å²) in [6.07, 6.45) is 2.81. The average Bonchev–Trinajstić information content (AvgIpc) is 2.98. The van der Waals surface area contributed by atoms with Gasteiger partial charge in [0.25, 0.3) is 0 Å². The van der Waals surface area contributed by atoms with Gasteiger partial charge in [0.1, 0.15) is 0 Å². The molecule has 102 valence electrons. The summed E-state index contributed by atoms with van der Waals surface area (Å²) in [6.45, 7) is 3.42. The van der Waals surface area contributed by atoms with Crippen LogP contribution in [0.1, 0.15) is 18.4 Å². The molecule has 2 saturated heterocycles. The van der Waals surface area contributed by atoms with Crippen LogP contribution in [-0.2, 0) is 10.2 Å². The Balaban J connectivity index is 1.77. The van der Waals surface area contributed by atoms with Crippen molar-refractivity contribution in [1.29, 1.82) is 0 Å². The van der Waals surface area contributed by atoms with Crippen LogP contribution in [0.3, 0.4) is 0 Å². The van der Waals surface area contributed by atoms with Gasteiger partial charge in [0.05, 0.1) is 16.1 Å². The summed E-state index contributed by atoms with van der Waals surface area (Å²) < 4.78 is 5.77. The fourth-order valence-electron chi connectivity index (χ4n) is 4.58. The summed E-state index contributed by atoms with van der Waals surface area (Å²) in [5.41, 5.74) is 1.94. The highest BCUT2D eigenvalue weighted by Gasteiger charge is 2.75. The van der Waals surface area contributed by atoms with Gasteiger partial charge in [-0.1, -0.05) is 29.3 Å². The summed E-state index contributed by atoms with van der Waals surface area (Å²) in [5, 5.41) is 1.31. The molecule has 4 rings (SSSR count). The highest BCUT2D eigenvalue weighted by molar-refractivity contribution is 6.42. The summed E-state index contributed by atoms with van der Waals surface area (Å²) >= 11 is 12.3. The second-order valence-corrected chi connectivity index (χ2v) is 7.07. The van der Waals surface area contributed by atoms with Crippen molar-refractivity contribution < 1.29 is 4.74 Å². The zero-order chi connectivity index (χ0) is 13.3. The maximum atomic E-state index is 6.21. The maximum Gasteiger partial charge on any atom is 0.0775 e. The Hall–Kier alpha value is -0.280. The predicted octanol–water partition coefficient (Wildman–Crippen LogP) is 3.36. The molecule has 0 radical (unpaired) electrons. The molecular weight excluding hydrogens is 281 g/mol. The number of nitrogens with zero attached hydrogens (tertiary/aromatic N) is 1. The Morgan fingerprint density at radius 1 is 1.32 bits per heavy atom. The van der Waals surface area contributed by atoms with Gasteiger partial charge in [-0.15, -0.1) is 0 Å². The number of halogens is 2. The molecule has 4 unspecified atom stereocenters. The number of piperidine rings is 1. The van der Waals surface area contributed by atoms with Crippen LogP contribution in [0.2, 0.25) is 10.0 Å². The number of hydrogen-bond donors (Lipinski definition) is 0. The molecule has 2 aliphatic heterocycles. The third-order valence-electron chi connectivity index (χ3n) is 5.60. The lowest BCUT2D eigenvalue weighted by Gasteiger charge is -2.31. The van der Waals surface area contributed by atoms with Gasteiger partial charge >= 0.3 is 0 Å². The Morgan fingerprint density at radius 3 is 2.89 bits per heavy atom. The Bertz CT molecular complexity index is 549. The lowest BCUT2D eigenvalue weighted by molar-refractivity contribution is 0.0634. The molecule has 1 aromatic rings. The minimum absolute atomic E-state index is 0.273. The zero-order valence-electron chi connectivity index (χ0n) is 11.0. The maximum absolute atomic E-state index is 6.21. The first-order chi connectivity index (χ1) is 9.11. The average molecular weight is 298 g/mol. The summed E-state index contributed by atoms with van der Waals surface area (Å²) in [7, 11) is 1.85. The van der Waals surface area contributed by atoms with Crippen molar-refractivity contribution in [2.75, 3.05) is 26.7 Å². The number of benzene rings is 1. The lowest BCUT2D eigenvalue weighted by atomic mass is 9.80. The van der Waals surface area contributed by atoms with E-state index in [4.69, 9.17) is 27.9 Å². The van der Waals surface area contributed by atoms with E-state index >= 15 is 0 Å². The zero-order valence-corrected chi connectivity index (χ0v) is 12.5. The highest BCUT2D eigenvalue weighted by Crippen LogP contribution is 2.73. The van der Waals surface area contributed by atoms with Crippen LogP contribution in [0.5, 0.6) is 0 Å². The van der Waals surface area contributed by atoms with Gasteiger partial charge in [-0.2, -0.15) is 0 Å². The molecular formula is C15H17Cl2NO. The van der Waals surface area contributed by atoms with E-state index in [1.54, 1.807) is 0 Å². The minimum atomic E-state index is 0.273. The van der Waals surface area contributed by atoms with E-state index in [-0.39, 0.29) is 5.41 Å². The van der Waals surface area contributed by atoms with Crippen molar-refractivity contribution in [1.82, 2.24) is 4.90 Å². The van der Waals surface area contributed by atoms with E-state index in [2.05, 4.69) is 17.0 Å². The molecule has 2 nitrogen and oxygen atoms in total. The predicted molar refractivity (Wildman–Crippen MR) is 77.0 cm³/mol. The van der Waals surface area contributed by atoms with E-state index in [1.807, 2.05) is 13.2 Å². The second-order valence-electron chi connectivity index (χ2n) is 6.25. The topological polar surface area (TPSA) is 12.5 Å². The quantitative estimate of drug-likeness (QED) is 0.830. The number of fused-ring (bicyclic) bond motifs is 1. The normalized spacial score (nSPS) is 43.1. The largest absolute Gasteiger partial charge is 0.379 e. The number of hydrogen-bond acceptors (Lipinski definition) is 2. The first-order valence-electron chi connectivity index (χ1n) is 6.82. The molecule has 1 spiro atoms. The smallest absolute Gasteiger partial charge is 0.0775 e. The Morgan fingerprint density at radius 2 is 2.16 bits per heavy atom. The van der Waals surface area contributed by atoms with E-state index < -0.39 is 0 Å². The van der Waals surface area contributed by atoms with Gasteiger partial charge in [0.2, 0.25) is 0 Å². The Kier molecular flexibility index (Phi) is 2.55. The molecule has 4 heteroatoms. The Labute approximate surface area is 123 Å². The fraction of sp³-hybridized carbons (Fsp3) is 0.600. The molecule has 2 heterocycles. The standard InChI is InChI=1S/C15H17Cl2NO/c1-19-13-7-18-5-4-14(8-15(13,14)9-18)10-2-3-11(16)12(17)6-10/h2-3,6,13H,4-5,7-9H2,1H3.